The minimum Gasteiger partial charge on any atom is -0.292 e. The number of fused-ring (bicyclic) bond motifs is 1. The molecule has 0 amide bonds. The number of thiophene rings is 1. The minimum absolute atomic E-state index is 0.143. The molecule has 4 rings (SSSR count). The molecule has 0 fully saturated rings. The molecule has 0 unspecified atom stereocenters. The Morgan fingerprint density at radius 1 is 1.11 bits per heavy atom. The molecule has 2 aromatic heterocycles. The monoisotopic (exact) mass is 392 g/mol. The summed E-state index contributed by atoms with van der Waals surface area (Å²) in [5.74, 6) is -0.681. The number of carbonyl (C=O) groups excluding carboxylic acids is 1. The molecule has 0 bridgehead atoms. The molecule has 140 valence electrons. The first-order valence-corrected chi connectivity index (χ1v) is 9.65. The molecule has 0 aliphatic carbocycles. The van der Waals surface area contributed by atoms with Crippen LogP contribution in [0.2, 0.25) is 0 Å². The lowest BCUT2D eigenvalue weighted by Gasteiger charge is -2.07. The van der Waals surface area contributed by atoms with E-state index < -0.39 is 5.82 Å². The number of halogens is 1. The summed E-state index contributed by atoms with van der Waals surface area (Å²) in [6.07, 6.45) is 1.40. The molecule has 0 aliphatic heterocycles. The van der Waals surface area contributed by atoms with Crippen molar-refractivity contribution in [3.8, 4) is 11.1 Å². The first-order chi connectivity index (χ1) is 13.4. The van der Waals surface area contributed by atoms with Crippen molar-refractivity contribution in [2.24, 2.45) is 0 Å². The van der Waals surface area contributed by atoms with Gasteiger partial charge in [-0.2, -0.15) is 0 Å². The SMILES string of the molecule is Cc1ccc(-c2csc3ncn(CC(=O)c4ccc(F)cc4)c(=O)c23)cc1C. The molecule has 0 atom stereocenters. The second-order valence-corrected chi connectivity index (χ2v) is 7.59. The van der Waals surface area contributed by atoms with Crippen LogP contribution in [0.3, 0.4) is 0 Å². The summed E-state index contributed by atoms with van der Waals surface area (Å²) in [6, 6.07) is 11.4. The lowest BCUT2D eigenvalue weighted by atomic mass is 10.0. The van der Waals surface area contributed by atoms with Crippen LogP contribution in [0.5, 0.6) is 0 Å². The number of benzene rings is 2. The molecule has 0 spiro atoms. The highest BCUT2D eigenvalue weighted by molar-refractivity contribution is 7.17. The Balaban J connectivity index is 1.76. The normalized spacial score (nSPS) is 11.1. The van der Waals surface area contributed by atoms with Crippen LogP contribution in [-0.4, -0.2) is 15.3 Å². The van der Waals surface area contributed by atoms with Crippen LogP contribution in [0.15, 0.2) is 59.0 Å². The molecule has 6 heteroatoms. The molecule has 2 aromatic carbocycles. The van der Waals surface area contributed by atoms with E-state index >= 15 is 0 Å². The van der Waals surface area contributed by atoms with Crippen LogP contribution in [0, 0.1) is 19.7 Å². The lowest BCUT2D eigenvalue weighted by molar-refractivity contribution is 0.0970. The number of hydrogen-bond acceptors (Lipinski definition) is 4. The van der Waals surface area contributed by atoms with Gasteiger partial charge in [-0.05, 0) is 54.8 Å². The van der Waals surface area contributed by atoms with Crippen molar-refractivity contribution in [3.05, 3.63) is 87.0 Å². The maximum absolute atomic E-state index is 13.1. The van der Waals surface area contributed by atoms with Crippen LogP contribution >= 0.6 is 11.3 Å². The van der Waals surface area contributed by atoms with Crippen molar-refractivity contribution in [2.75, 3.05) is 0 Å². The van der Waals surface area contributed by atoms with Gasteiger partial charge < -0.3 is 0 Å². The van der Waals surface area contributed by atoms with E-state index in [9.17, 15) is 14.0 Å². The predicted octanol–water partition coefficient (Wildman–Crippen LogP) is 4.76. The lowest BCUT2D eigenvalue weighted by Crippen LogP contribution is -2.24. The van der Waals surface area contributed by atoms with Crippen LogP contribution in [0.4, 0.5) is 4.39 Å². The van der Waals surface area contributed by atoms with E-state index in [1.165, 1.54) is 52.1 Å². The largest absolute Gasteiger partial charge is 0.292 e. The Kier molecular flexibility index (Phi) is 4.65. The molecule has 0 N–H and O–H groups in total. The molecule has 4 aromatic rings. The van der Waals surface area contributed by atoms with Crippen molar-refractivity contribution in [2.45, 2.75) is 20.4 Å². The van der Waals surface area contributed by atoms with Gasteiger partial charge in [0.25, 0.3) is 5.56 Å². The zero-order chi connectivity index (χ0) is 19.8. The van der Waals surface area contributed by atoms with E-state index in [1.54, 1.807) is 0 Å². The third-order valence-electron chi connectivity index (χ3n) is 4.86. The Bertz CT molecular complexity index is 1260. The zero-order valence-corrected chi connectivity index (χ0v) is 16.2. The van der Waals surface area contributed by atoms with Crippen molar-refractivity contribution in [3.63, 3.8) is 0 Å². The number of ketones is 1. The summed E-state index contributed by atoms with van der Waals surface area (Å²) in [5.41, 5.74) is 4.21. The fourth-order valence-corrected chi connectivity index (χ4v) is 3.99. The van der Waals surface area contributed by atoms with E-state index in [-0.39, 0.29) is 17.9 Å². The number of rotatable bonds is 4. The topological polar surface area (TPSA) is 52.0 Å². The van der Waals surface area contributed by atoms with Gasteiger partial charge in [-0.15, -0.1) is 11.3 Å². The fourth-order valence-electron chi connectivity index (χ4n) is 3.08. The maximum Gasteiger partial charge on any atom is 0.263 e. The summed E-state index contributed by atoms with van der Waals surface area (Å²) < 4.78 is 14.4. The highest BCUT2D eigenvalue weighted by Crippen LogP contribution is 2.31. The third-order valence-corrected chi connectivity index (χ3v) is 5.75. The van der Waals surface area contributed by atoms with Crippen molar-refractivity contribution >= 4 is 27.3 Å². The number of carbonyl (C=O) groups is 1. The third kappa shape index (κ3) is 3.27. The maximum atomic E-state index is 13.1. The van der Waals surface area contributed by atoms with Crippen LogP contribution in [0.1, 0.15) is 21.5 Å². The summed E-state index contributed by atoms with van der Waals surface area (Å²) in [4.78, 5) is 30.6. The second kappa shape index (κ2) is 7.13. The molecular weight excluding hydrogens is 375 g/mol. The van der Waals surface area contributed by atoms with E-state index in [0.717, 1.165) is 16.7 Å². The summed E-state index contributed by atoms with van der Waals surface area (Å²) in [6.45, 7) is 3.93. The molecule has 0 radical (unpaired) electrons. The number of aromatic nitrogens is 2. The minimum atomic E-state index is -0.409. The molecule has 2 heterocycles. The van der Waals surface area contributed by atoms with Crippen molar-refractivity contribution in [1.82, 2.24) is 9.55 Å². The van der Waals surface area contributed by atoms with Gasteiger partial charge in [-0.1, -0.05) is 18.2 Å². The zero-order valence-electron chi connectivity index (χ0n) is 15.4. The van der Waals surface area contributed by atoms with Gasteiger partial charge in [0.05, 0.1) is 18.3 Å². The van der Waals surface area contributed by atoms with E-state index in [2.05, 4.69) is 11.1 Å². The number of nitrogens with zero attached hydrogens (tertiary/aromatic N) is 2. The average molecular weight is 392 g/mol. The Morgan fingerprint density at radius 3 is 2.57 bits per heavy atom. The Labute approximate surface area is 164 Å². The number of aryl methyl sites for hydroxylation is 2. The standard InChI is InChI=1S/C22H17FN2O2S/c1-13-3-4-16(9-14(13)2)18-11-28-21-20(18)22(27)25(12-24-21)10-19(26)15-5-7-17(23)8-6-15/h3-9,11-12H,10H2,1-2H3. The fraction of sp³-hybridized carbons (Fsp3) is 0.136. The second-order valence-electron chi connectivity index (χ2n) is 6.74. The van der Waals surface area contributed by atoms with E-state index in [1.807, 2.05) is 31.4 Å². The first kappa shape index (κ1) is 18.3. The summed E-state index contributed by atoms with van der Waals surface area (Å²) >= 11 is 1.41. The predicted molar refractivity (Wildman–Crippen MR) is 110 cm³/mol. The molecule has 4 nitrogen and oxygen atoms in total. The van der Waals surface area contributed by atoms with Crippen LogP contribution < -0.4 is 5.56 Å². The van der Waals surface area contributed by atoms with Crippen molar-refractivity contribution < 1.29 is 9.18 Å². The van der Waals surface area contributed by atoms with Gasteiger partial charge in [0, 0.05) is 16.5 Å². The molecule has 0 aliphatic rings. The summed E-state index contributed by atoms with van der Waals surface area (Å²) in [5, 5.41) is 2.44. The first-order valence-electron chi connectivity index (χ1n) is 8.77. The van der Waals surface area contributed by atoms with Gasteiger partial charge in [0.1, 0.15) is 10.6 Å². The quantitative estimate of drug-likeness (QED) is 0.470. The van der Waals surface area contributed by atoms with Gasteiger partial charge >= 0.3 is 0 Å². The van der Waals surface area contributed by atoms with Gasteiger partial charge in [0.15, 0.2) is 5.78 Å². The highest BCUT2D eigenvalue weighted by Gasteiger charge is 2.16. The molecular formula is C22H17FN2O2S. The van der Waals surface area contributed by atoms with E-state index in [0.29, 0.717) is 15.8 Å². The highest BCUT2D eigenvalue weighted by atomic mass is 32.1. The molecule has 0 saturated carbocycles. The number of hydrogen-bond donors (Lipinski definition) is 0. The van der Waals surface area contributed by atoms with Crippen LogP contribution in [-0.2, 0) is 6.54 Å². The van der Waals surface area contributed by atoms with E-state index in [4.69, 9.17) is 0 Å². The van der Waals surface area contributed by atoms with Crippen LogP contribution in [0.25, 0.3) is 21.3 Å². The Hall–Kier alpha value is -3.12. The van der Waals surface area contributed by atoms with Gasteiger partial charge in [0.2, 0.25) is 0 Å². The molecule has 0 saturated heterocycles. The Morgan fingerprint density at radius 2 is 1.86 bits per heavy atom. The van der Waals surface area contributed by atoms with Crippen molar-refractivity contribution in [1.29, 1.82) is 0 Å². The average Bonchev–Trinajstić information content (AvgIpc) is 3.11. The van der Waals surface area contributed by atoms with Gasteiger partial charge in [-0.3, -0.25) is 14.2 Å². The summed E-state index contributed by atoms with van der Waals surface area (Å²) in [7, 11) is 0. The number of Topliss-reactive ketones (excluding diaryl/α,β-unsaturated/α-hetero) is 1. The smallest absolute Gasteiger partial charge is 0.263 e. The molecule has 28 heavy (non-hydrogen) atoms. The van der Waals surface area contributed by atoms with Gasteiger partial charge in [-0.25, -0.2) is 9.37 Å².